The van der Waals surface area contributed by atoms with Crippen LogP contribution in [0, 0.1) is 13.8 Å². The molecule has 0 saturated carbocycles. The molecule has 0 bridgehead atoms. The highest BCUT2D eigenvalue weighted by molar-refractivity contribution is 7.80. The number of ether oxygens (including phenoxy) is 1. The lowest BCUT2D eigenvalue weighted by molar-refractivity contribution is 0.0897. The molecule has 1 saturated heterocycles. The molecule has 6 heteroatoms. The molecular weight excluding hydrogens is 418 g/mol. The number of aromatic nitrogens is 1. The van der Waals surface area contributed by atoms with Crippen LogP contribution in [0.5, 0.6) is 0 Å². The summed E-state index contributed by atoms with van der Waals surface area (Å²) in [7, 11) is 0. The number of nitrogens with one attached hydrogen (secondary N) is 2. The van der Waals surface area contributed by atoms with Crippen LogP contribution >= 0.6 is 12.2 Å². The summed E-state index contributed by atoms with van der Waals surface area (Å²) in [5, 5.41) is 5.10. The second kappa shape index (κ2) is 10.3. The standard InChI is InChI=1S/C26H31N3O2S/c1-18-13-21-15-22(25(30)28-24(21)14-19(18)2)16-29(17-23-9-6-12-31-23)26(32)27-11-10-20-7-4-3-5-8-20/h3-5,7-8,13-15,23H,6,9-12,16-17H2,1-2H3,(H,27,32)(H,28,30). The van der Waals surface area contributed by atoms with E-state index in [9.17, 15) is 4.79 Å². The van der Waals surface area contributed by atoms with Crippen molar-refractivity contribution in [3.05, 3.63) is 81.1 Å². The van der Waals surface area contributed by atoms with E-state index in [2.05, 4.69) is 47.2 Å². The Hall–Kier alpha value is -2.70. The number of fused-ring (bicyclic) bond motifs is 1. The minimum absolute atomic E-state index is 0.0646. The maximum absolute atomic E-state index is 12.8. The number of aromatic amines is 1. The normalized spacial score (nSPS) is 15.8. The molecule has 2 aromatic carbocycles. The van der Waals surface area contributed by atoms with Crippen LogP contribution < -0.4 is 10.9 Å². The van der Waals surface area contributed by atoms with Crippen LogP contribution in [0.25, 0.3) is 10.9 Å². The van der Waals surface area contributed by atoms with Gasteiger partial charge < -0.3 is 19.9 Å². The van der Waals surface area contributed by atoms with Crippen molar-refractivity contribution in [3.8, 4) is 0 Å². The van der Waals surface area contributed by atoms with Gasteiger partial charge in [-0.15, -0.1) is 0 Å². The topological polar surface area (TPSA) is 57.4 Å². The summed E-state index contributed by atoms with van der Waals surface area (Å²) in [6.07, 6.45) is 3.13. The number of hydrogen-bond acceptors (Lipinski definition) is 3. The van der Waals surface area contributed by atoms with Crippen LogP contribution in [-0.2, 0) is 17.7 Å². The monoisotopic (exact) mass is 449 g/mol. The van der Waals surface area contributed by atoms with E-state index >= 15 is 0 Å². The highest BCUT2D eigenvalue weighted by Gasteiger charge is 2.22. The van der Waals surface area contributed by atoms with Gasteiger partial charge in [0.05, 0.1) is 12.6 Å². The van der Waals surface area contributed by atoms with Gasteiger partial charge in [-0.1, -0.05) is 30.3 Å². The van der Waals surface area contributed by atoms with Gasteiger partial charge in [-0.3, -0.25) is 4.79 Å². The quantitative estimate of drug-likeness (QED) is 0.529. The molecule has 0 radical (unpaired) electrons. The first-order valence-electron chi connectivity index (χ1n) is 11.3. The van der Waals surface area contributed by atoms with Crippen LogP contribution in [-0.4, -0.2) is 40.8 Å². The molecule has 0 spiro atoms. The van der Waals surface area contributed by atoms with Crippen molar-refractivity contribution < 1.29 is 4.74 Å². The molecule has 1 aromatic heterocycles. The minimum Gasteiger partial charge on any atom is -0.376 e. The number of pyridine rings is 1. The van der Waals surface area contributed by atoms with Crippen LogP contribution in [0.2, 0.25) is 0 Å². The van der Waals surface area contributed by atoms with Gasteiger partial charge in [-0.05, 0) is 85.6 Å². The summed E-state index contributed by atoms with van der Waals surface area (Å²) in [4.78, 5) is 18.0. The lowest BCUT2D eigenvalue weighted by atomic mass is 10.0. The molecule has 0 amide bonds. The van der Waals surface area contributed by atoms with Crippen LogP contribution in [0.4, 0.5) is 0 Å². The van der Waals surface area contributed by atoms with Crippen molar-refractivity contribution in [1.29, 1.82) is 0 Å². The zero-order valence-electron chi connectivity index (χ0n) is 18.8. The smallest absolute Gasteiger partial charge is 0.253 e. The van der Waals surface area contributed by atoms with E-state index < -0.39 is 0 Å². The number of aryl methyl sites for hydroxylation is 2. The molecule has 1 aliphatic heterocycles. The maximum atomic E-state index is 12.8. The first-order valence-corrected chi connectivity index (χ1v) is 11.7. The maximum Gasteiger partial charge on any atom is 0.253 e. The molecule has 32 heavy (non-hydrogen) atoms. The van der Waals surface area contributed by atoms with Crippen molar-refractivity contribution in [2.45, 2.75) is 45.8 Å². The third kappa shape index (κ3) is 5.56. The molecule has 1 fully saturated rings. The van der Waals surface area contributed by atoms with Crippen molar-refractivity contribution in [2.75, 3.05) is 19.7 Å². The molecule has 5 nitrogen and oxygen atoms in total. The Bertz CT molecular complexity index is 1140. The molecule has 2 heterocycles. The lowest BCUT2D eigenvalue weighted by Gasteiger charge is -2.28. The van der Waals surface area contributed by atoms with E-state index in [1.54, 1.807) is 0 Å². The van der Waals surface area contributed by atoms with Gasteiger partial charge in [-0.25, -0.2) is 0 Å². The number of nitrogens with zero attached hydrogens (tertiary/aromatic N) is 1. The predicted molar refractivity (Wildman–Crippen MR) is 134 cm³/mol. The molecule has 0 aliphatic carbocycles. The van der Waals surface area contributed by atoms with Gasteiger partial charge in [0.2, 0.25) is 0 Å². The van der Waals surface area contributed by atoms with Gasteiger partial charge in [0.1, 0.15) is 0 Å². The SMILES string of the molecule is Cc1cc2cc(CN(CC3CCCO3)C(=S)NCCc3ccccc3)c(=O)[nH]c2cc1C. The fourth-order valence-corrected chi connectivity index (χ4v) is 4.41. The Morgan fingerprint density at radius 3 is 2.72 bits per heavy atom. The number of H-pyrrole nitrogens is 1. The Morgan fingerprint density at radius 2 is 1.97 bits per heavy atom. The molecule has 4 rings (SSSR count). The van der Waals surface area contributed by atoms with E-state index in [0.717, 1.165) is 43.3 Å². The van der Waals surface area contributed by atoms with E-state index in [1.807, 2.05) is 30.3 Å². The molecule has 1 unspecified atom stereocenters. The largest absolute Gasteiger partial charge is 0.376 e. The van der Waals surface area contributed by atoms with E-state index in [4.69, 9.17) is 17.0 Å². The van der Waals surface area contributed by atoms with Crippen LogP contribution in [0.15, 0.2) is 53.3 Å². The first-order chi connectivity index (χ1) is 15.5. The lowest BCUT2D eigenvalue weighted by Crippen LogP contribution is -2.44. The molecule has 3 aromatic rings. The summed E-state index contributed by atoms with van der Waals surface area (Å²) in [6, 6.07) is 16.5. The Kier molecular flexibility index (Phi) is 7.22. The molecule has 168 valence electrons. The molecule has 1 atom stereocenters. The van der Waals surface area contributed by atoms with Crippen molar-refractivity contribution in [3.63, 3.8) is 0 Å². The van der Waals surface area contributed by atoms with E-state index in [0.29, 0.717) is 23.8 Å². The zero-order valence-corrected chi connectivity index (χ0v) is 19.6. The summed E-state index contributed by atoms with van der Waals surface area (Å²) < 4.78 is 5.86. The Balaban J connectivity index is 1.50. The third-order valence-electron chi connectivity index (χ3n) is 6.16. The molecule has 1 aliphatic rings. The van der Waals surface area contributed by atoms with E-state index in [-0.39, 0.29) is 11.7 Å². The van der Waals surface area contributed by atoms with Crippen LogP contribution in [0.3, 0.4) is 0 Å². The zero-order chi connectivity index (χ0) is 22.5. The van der Waals surface area contributed by atoms with Gasteiger partial charge >= 0.3 is 0 Å². The number of thiocarbonyl (C=S) groups is 1. The number of hydrogen-bond donors (Lipinski definition) is 2. The van der Waals surface area contributed by atoms with Gasteiger partial charge in [0.15, 0.2) is 5.11 Å². The van der Waals surface area contributed by atoms with Gasteiger partial charge in [-0.2, -0.15) is 0 Å². The Morgan fingerprint density at radius 1 is 1.19 bits per heavy atom. The van der Waals surface area contributed by atoms with Crippen molar-refractivity contribution >= 4 is 28.2 Å². The highest BCUT2D eigenvalue weighted by Crippen LogP contribution is 2.19. The summed E-state index contributed by atoms with van der Waals surface area (Å²) in [6.45, 7) is 6.83. The van der Waals surface area contributed by atoms with Crippen LogP contribution in [0.1, 0.15) is 35.1 Å². The fourth-order valence-electron chi connectivity index (χ4n) is 4.17. The summed E-state index contributed by atoms with van der Waals surface area (Å²) in [5.41, 5.74) is 5.17. The van der Waals surface area contributed by atoms with Gasteiger partial charge in [0, 0.05) is 30.8 Å². The highest BCUT2D eigenvalue weighted by atomic mass is 32.1. The van der Waals surface area contributed by atoms with Crippen molar-refractivity contribution in [1.82, 2.24) is 15.2 Å². The number of rotatable bonds is 7. The summed E-state index contributed by atoms with van der Waals surface area (Å²) in [5.74, 6) is 0. The second-order valence-electron chi connectivity index (χ2n) is 8.63. The van der Waals surface area contributed by atoms with E-state index in [1.165, 1.54) is 16.7 Å². The number of benzene rings is 2. The second-order valence-corrected chi connectivity index (χ2v) is 9.02. The minimum atomic E-state index is -0.0646. The fraction of sp³-hybridized carbons (Fsp3) is 0.385. The molecule has 2 N–H and O–H groups in total. The predicted octanol–water partition coefficient (Wildman–Crippen LogP) is 4.24. The van der Waals surface area contributed by atoms with Crippen molar-refractivity contribution in [2.24, 2.45) is 0 Å². The first kappa shape index (κ1) is 22.5. The van der Waals surface area contributed by atoms with Gasteiger partial charge in [0.25, 0.3) is 5.56 Å². The average molecular weight is 450 g/mol. The molecular formula is C26H31N3O2S. The Labute approximate surface area is 194 Å². The average Bonchev–Trinajstić information content (AvgIpc) is 3.29. The summed E-state index contributed by atoms with van der Waals surface area (Å²) >= 11 is 5.75. The third-order valence-corrected chi connectivity index (χ3v) is 6.57.